The number of methoxy groups -OCH3 is 1. The van der Waals surface area contributed by atoms with Crippen molar-refractivity contribution in [2.45, 2.75) is 6.92 Å². The molecule has 0 unspecified atom stereocenters. The van der Waals surface area contributed by atoms with Gasteiger partial charge in [0.2, 0.25) is 0 Å². The molecule has 7 heteroatoms. The van der Waals surface area contributed by atoms with E-state index < -0.39 is 0 Å². The zero-order chi connectivity index (χ0) is 22.1. The molecule has 3 heterocycles. The molecule has 7 nitrogen and oxygen atoms in total. The zero-order valence-corrected chi connectivity index (χ0v) is 17.7. The van der Waals surface area contributed by atoms with Gasteiger partial charge in [-0.3, -0.25) is 4.79 Å². The van der Waals surface area contributed by atoms with Crippen LogP contribution >= 0.6 is 0 Å². The van der Waals surface area contributed by atoms with Gasteiger partial charge in [-0.05, 0) is 49.4 Å². The number of anilines is 1. The number of nitrogens with one attached hydrogen (secondary N) is 1. The molecule has 0 bridgehead atoms. The molecule has 0 aliphatic heterocycles. The molecule has 32 heavy (non-hydrogen) atoms. The Morgan fingerprint density at radius 3 is 2.62 bits per heavy atom. The van der Waals surface area contributed by atoms with Crippen molar-refractivity contribution in [3.63, 3.8) is 0 Å². The first-order valence-electron chi connectivity index (χ1n) is 10.2. The molecule has 0 spiro atoms. The molecular weight excluding hydrogens is 402 g/mol. The van der Waals surface area contributed by atoms with Gasteiger partial charge in [-0.25, -0.2) is 9.67 Å². The van der Waals surface area contributed by atoms with Gasteiger partial charge in [-0.1, -0.05) is 24.3 Å². The number of pyridine rings is 1. The zero-order valence-electron chi connectivity index (χ0n) is 17.7. The van der Waals surface area contributed by atoms with Gasteiger partial charge < -0.3 is 14.5 Å². The molecule has 0 saturated heterocycles. The predicted molar refractivity (Wildman–Crippen MR) is 123 cm³/mol. The van der Waals surface area contributed by atoms with Crippen molar-refractivity contribution in [3.05, 3.63) is 96.6 Å². The van der Waals surface area contributed by atoms with Crippen LogP contribution in [0.25, 0.3) is 22.6 Å². The van der Waals surface area contributed by atoms with Gasteiger partial charge in [-0.15, -0.1) is 0 Å². The maximum absolute atomic E-state index is 13.1. The number of nitrogens with zero attached hydrogens (tertiary/aromatic N) is 4. The number of ether oxygens (including phenoxy) is 1. The number of hydrogen-bond acceptors (Lipinski definition) is 4. The van der Waals surface area contributed by atoms with Crippen molar-refractivity contribution in [3.8, 4) is 22.7 Å². The predicted octanol–water partition coefficient (Wildman–Crippen LogP) is 4.76. The van der Waals surface area contributed by atoms with Crippen LogP contribution in [0.2, 0.25) is 0 Å². The van der Waals surface area contributed by atoms with E-state index in [-0.39, 0.29) is 5.91 Å². The van der Waals surface area contributed by atoms with Crippen molar-refractivity contribution in [2.75, 3.05) is 12.4 Å². The summed E-state index contributed by atoms with van der Waals surface area (Å²) in [5.74, 6) is 0.314. The first kappa shape index (κ1) is 19.6. The fraction of sp³-hybridized carbons (Fsp3) is 0.0800. The third kappa shape index (κ3) is 3.50. The largest absolute Gasteiger partial charge is 0.495 e. The highest BCUT2D eigenvalue weighted by Gasteiger charge is 2.18. The van der Waals surface area contributed by atoms with Crippen LogP contribution in [0.1, 0.15) is 16.1 Å². The minimum Gasteiger partial charge on any atom is -0.495 e. The number of carbonyl (C=O) groups is 1. The summed E-state index contributed by atoms with van der Waals surface area (Å²) in [6.45, 7) is 1.87. The number of imidazole rings is 1. The minimum absolute atomic E-state index is 0.255. The lowest BCUT2D eigenvalue weighted by Gasteiger charge is -2.12. The molecular formula is C25H21N5O2. The van der Waals surface area contributed by atoms with E-state index in [1.54, 1.807) is 18.0 Å². The maximum Gasteiger partial charge on any atom is 0.259 e. The molecule has 1 N–H and O–H groups in total. The van der Waals surface area contributed by atoms with E-state index >= 15 is 0 Å². The summed E-state index contributed by atoms with van der Waals surface area (Å²) < 4.78 is 9.18. The van der Waals surface area contributed by atoms with Crippen LogP contribution in [-0.4, -0.2) is 32.2 Å². The number of rotatable bonds is 5. The number of para-hydroxylation sites is 1. The summed E-state index contributed by atoms with van der Waals surface area (Å²) in [5, 5.41) is 7.37. The van der Waals surface area contributed by atoms with E-state index in [9.17, 15) is 4.79 Å². The van der Waals surface area contributed by atoms with Gasteiger partial charge in [0.25, 0.3) is 5.91 Å². The van der Waals surface area contributed by atoms with Gasteiger partial charge in [0.15, 0.2) is 0 Å². The highest BCUT2D eigenvalue weighted by atomic mass is 16.5. The smallest absolute Gasteiger partial charge is 0.259 e. The van der Waals surface area contributed by atoms with E-state index in [1.165, 1.54) is 0 Å². The Kier molecular flexibility index (Phi) is 4.91. The van der Waals surface area contributed by atoms with Crippen molar-refractivity contribution in [1.82, 2.24) is 19.2 Å². The first-order chi connectivity index (χ1) is 15.6. The van der Waals surface area contributed by atoms with Gasteiger partial charge >= 0.3 is 0 Å². The Hall–Kier alpha value is -4.39. The van der Waals surface area contributed by atoms with Crippen molar-refractivity contribution < 1.29 is 9.53 Å². The van der Waals surface area contributed by atoms with Gasteiger partial charge in [0, 0.05) is 18.0 Å². The Labute approximate surface area is 184 Å². The SMILES string of the molecule is COc1ccc(-c2cn3ccccc3n2)cc1NC(=O)c1cnn(-c2ccccc2)c1C. The summed E-state index contributed by atoms with van der Waals surface area (Å²) in [6.07, 6.45) is 5.48. The van der Waals surface area contributed by atoms with Crippen LogP contribution in [0.4, 0.5) is 5.69 Å². The third-order valence-electron chi connectivity index (χ3n) is 5.36. The standard InChI is InChI=1S/C25H21N5O2/c1-17-20(15-26-30(17)19-8-4-3-5-9-19)25(31)28-21-14-18(11-12-23(21)32-2)22-16-29-13-7-6-10-24(29)27-22/h3-16H,1-2H3,(H,28,31). The molecule has 0 fully saturated rings. The second-order valence-corrected chi connectivity index (χ2v) is 7.35. The van der Waals surface area contributed by atoms with Crippen molar-refractivity contribution >= 4 is 17.2 Å². The first-order valence-corrected chi connectivity index (χ1v) is 10.2. The van der Waals surface area contributed by atoms with Crippen molar-refractivity contribution in [2.24, 2.45) is 0 Å². The maximum atomic E-state index is 13.1. The van der Waals surface area contributed by atoms with E-state index in [4.69, 9.17) is 4.74 Å². The Bertz CT molecular complexity index is 1390. The summed E-state index contributed by atoms with van der Waals surface area (Å²) in [4.78, 5) is 17.8. The molecule has 0 radical (unpaired) electrons. The van der Waals surface area contributed by atoms with E-state index in [0.29, 0.717) is 17.0 Å². The number of fused-ring (bicyclic) bond motifs is 1. The molecule has 2 aromatic carbocycles. The summed E-state index contributed by atoms with van der Waals surface area (Å²) in [7, 11) is 1.58. The second kappa shape index (κ2) is 8.03. The van der Waals surface area contributed by atoms with Crippen LogP contribution in [0.15, 0.2) is 85.3 Å². The number of hydrogen-bond donors (Lipinski definition) is 1. The van der Waals surface area contributed by atoms with Crippen LogP contribution in [0, 0.1) is 6.92 Å². The van der Waals surface area contributed by atoms with Gasteiger partial charge in [0.05, 0.1) is 41.6 Å². The molecule has 5 rings (SSSR count). The summed E-state index contributed by atoms with van der Waals surface area (Å²) in [6, 6.07) is 21.2. The number of amides is 1. The number of carbonyl (C=O) groups excluding carboxylic acids is 1. The lowest BCUT2D eigenvalue weighted by molar-refractivity contribution is 0.102. The van der Waals surface area contributed by atoms with Crippen LogP contribution < -0.4 is 10.1 Å². The fourth-order valence-electron chi connectivity index (χ4n) is 3.69. The van der Waals surface area contributed by atoms with E-state index in [2.05, 4.69) is 15.4 Å². The summed E-state index contributed by atoms with van der Waals surface area (Å²) in [5.41, 5.74) is 5.25. The average Bonchev–Trinajstić information content (AvgIpc) is 3.43. The Morgan fingerprint density at radius 1 is 1.03 bits per heavy atom. The van der Waals surface area contributed by atoms with Crippen molar-refractivity contribution in [1.29, 1.82) is 0 Å². The minimum atomic E-state index is -0.255. The van der Waals surface area contributed by atoms with Gasteiger partial charge in [0.1, 0.15) is 11.4 Å². The topological polar surface area (TPSA) is 73.5 Å². The molecule has 1 amide bonds. The quantitative estimate of drug-likeness (QED) is 0.442. The second-order valence-electron chi connectivity index (χ2n) is 7.35. The summed E-state index contributed by atoms with van der Waals surface area (Å²) >= 11 is 0. The normalized spacial score (nSPS) is 10.9. The highest BCUT2D eigenvalue weighted by Crippen LogP contribution is 2.31. The van der Waals surface area contributed by atoms with Crippen LogP contribution in [0.3, 0.4) is 0 Å². The van der Waals surface area contributed by atoms with Crippen LogP contribution in [0.5, 0.6) is 5.75 Å². The molecule has 0 saturated carbocycles. The lowest BCUT2D eigenvalue weighted by atomic mass is 10.1. The third-order valence-corrected chi connectivity index (χ3v) is 5.36. The number of aromatic nitrogens is 4. The molecule has 0 aliphatic rings. The molecule has 3 aromatic heterocycles. The Balaban J connectivity index is 1.46. The Morgan fingerprint density at radius 2 is 1.84 bits per heavy atom. The monoisotopic (exact) mass is 423 g/mol. The molecule has 5 aromatic rings. The highest BCUT2D eigenvalue weighted by molar-refractivity contribution is 6.06. The van der Waals surface area contributed by atoms with Gasteiger partial charge in [-0.2, -0.15) is 5.10 Å². The fourth-order valence-corrected chi connectivity index (χ4v) is 3.69. The van der Waals surface area contributed by atoms with E-state index in [1.807, 2.05) is 90.4 Å². The van der Waals surface area contributed by atoms with E-state index in [0.717, 1.165) is 28.3 Å². The average molecular weight is 423 g/mol. The number of benzene rings is 2. The molecule has 0 atom stereocenters. The van der Waals surface area contributed by atoms with Crippen LogP contribution in [-0.2, 0) is 0 Å². The molecule has 0 aliphatic carbocycles. The molecule has 158 valence electrons. The lowest BCUT2D eigenvalue weighted by Crippen LogP contribution is -2.14.